The number of carbonyl (C=O) groups excluding carboxylic acids is 1. The Morgan fingerprint density at radius 2 is 1.79 bits per heavy atom. The molecule has 0 saturated heterocycles. The number of sulfone groups is 1. The first kappa shape index (κ1) is 21.6. The second-order valence-electron chi connectivity index (χ2n) is 6.03. The number of hydrogen-bond donors (Lipinski definition) is 0. The number of esters is 1. The molecular weight excluding hydrogens is 391 g/mol. The van der Waals surface area contributed by atoms with Crippen LogP contribution in [0.15, 0.2) is 41.3 Å². The quantitative estimate of drug-likeness (QED) is 0.615. The van der Waals surface area contributed by atoms with Crippen LogP contribution in [0.25, 0.3) is 0 Å². The summed E-state index contributed by atoms with van der Waals surface area (Å²) in [5, 5.41) is 0. The molecule has 152 valence electrons. The Labute approximate surface area is 162 Å². The van der Waals surface area contributed by atoms with Gasteiger partial charge in [-0.1, -0.05) is 0 Å². The molecule has 0 aromatic heterocycles. The topological polar surface area (TPSA) is 88.1 Å². The van der Waals surface area contributed by atoms with Crippen LogP contribution in [-0.4, -0.2) is 47.6 Å². The highest BCUT2D eigenvalue weighted by Gasteiger charge is 2.16. The van der Waals surface area contributed by atoms with E-state index in [0.29, 0.717) is 12.4 Å². The van der Waals surface area contributed by atoms with E-state index in [-0.39, 0.29) is 28.1 Å². The lowest BCUT2D eigenvalue weighted by molar-refractivity contribution is 0.0598. The number of rotatable bonds is 8. The first-order chi connectivity index (χ1) is 13.1. The molecule has 2 aromatic carbocycles. The van der Waals surface area contributed by atoms with E-state index in [0.717, 1.165) is 12.3 Å². The van der Waals surface area contributed by atoms with Crippen LogP contribution in [0.1, 0.15) is 17.3 Å². The average Bonchev–Trinajstić information content (AvgIpc) is 2.61. The van der Waals surface area contributed by atoms with Gasteiger partial charge in [0.15, 0.2) is 21.4 Å². The summed E-state index contributed by atoms with van der Waals surface area (Å²) in [6.45, 7) is 2.10. The molecule has 0 aliphatic carbocycles. The predicted octanol–water partition coefficient (Wildman–Crippen LogP) is 3.22. The highest BCUT2D eigenvalue weighted by atomic mass is 32.2. The molecule has 0 radical (unpaired) electrons. The zero-order chi connectivity index (χ0) is 20.9. The van der Waals surface area contributed by atoms with Gasteiger partial charge in [-0.2, -0.15) is 0 Å². The Morgan fingerprint density at radius 3 is 2.36 bits per heavy atom. The van der Waals surface area contributed by atoms with E-state index in [1.165, 1.54) is 44.6 Å². The summed E-state index contributed by atoms with van der Waals surface area (Å²) in [5.41, 5.74) is 0.146. The van der Waals surface area contributed by atoms with Gasteiger partial charge < -0.3 is 18.9 Å². The molecule has 0 aliphatic rings. The van der Waals surface area contributed by atoms with Gasteiger partial charge in [0.1, 0.15) is 17.6 Å². The van der Waals surface area contributed by atoms with Crippen LogP contribution in [0.5, 0.6) is 17.2 Å². The zero-order valence-corrected chi connectivity index (χ0v) is 16.7. The molecule has 0 saturated carbocycles. The van der Waals surface area contributed by atoms with Crippen molar-refractivity contribution in [3.8, 4) is 17.2 Å². The van der Waals surface area contributed by atoms with Crippen molar-refractivity contribution in [3.63, 3.8) is 0 Å². The van der Waals surface area contributed by atoms with Gasteiger partial charge in [-0.05, 0) is 37.3 Å². The van der Waals surface area contributed by atoms with Gasteiger partial charge in [-0.15, -0.1) is 0 Å². The second-order valence-corrected chi connectivity index (χ2v) is 8.05. The van der Waals surface area contributed by atoms with E-state index < -0.39 is 21.6 Å². The molecule has 0 heterocycles. The standard InChI is InChI=1S/C19H21FO7S/c1-12(11-24-2)26-14-7-13(19(21)25-3)8-15(9-14)27-18-6-5-16(10-17(18)20)28(4,22)23/h5-10,12H,11H2,1-4H3/t12-/m0/s1. The lowest BCUT2D eigenvalue weighted by Gasteiger charge is -2.16. The van der Waals surface area contributed by atoms with Gasteiger partial charge in [0.2, 0.25) is 0 Å². The molecule has 1 atom stereocenters. The molecule has 0 bridgehead atoms. The molecule has 2 aromatic rings. The van der Waals surface area contributed by atoms with Crippen LogP contribution < -0.4 is 9.47 Å². The fraction of sp³-hybridized carbons (Fsp3) is 0.316. The van der Waals surface area contributed by atoms with E-state index in [4.69, 9.17) is 18.9 Å². The molecule has 0 fully saturated rings. The van der Waals surface area contributed by atoms with E-state index in [9.17, 15) is 17.6 Å². The number of hydrogen-bond acceptors (Lipinski definition) is 7. The van der Waals surface area contributed by atoms with Gasteiger partial charge in [0.05, 0.1) is 24.2 Å². The highest BCUT2D eigenvalue weighted by Crippen LogP contribution is 2.31. The normalized spacial score (nSPS) is 12.3. The number of ether oxygens (including phenoxy) is 4. The molecule has 0 amide bonds. The minimum atomic E-state index is -3.55. The minimum Gasteiger partial charge on any atom is -0.488 e. The van der Waals surface area contributed by atoms with Crippen LogP contribution in [0.3, 0.4) is 0 Å². The molecule has 28 heavy (non-hydrogen) atoms. The molecular formula is C19H21FO7S. The summed E-state index contributed by atoms with van der Waals surface area (Å²) in [5.74, 6) is -1.27. The van der Waals surface area contributed by atoms with Gasteiger partial charge in [0.25, 0.3) is 0 Å². The van der Waals surface area contributed by atoms with Crippen molar-refractivity contribution in [1.82, 2.24) is 0 Å². The molecule has 9 heteroatoms. The van der Waals surface area contributed by atoms with E-state index >= 15 is 0 Å². The summed E-state index contributed by atoms with van der Waals surface area (Å²) in [6.07, 6.45) is 0.670. The van der Waals surface area contributed by atoms with Crippen molar-refractivity contribution in [2.75, 3.05) is 27.1 Å². The van der Waals surface area contributed by atoms with Gasteiger partial charge in [-0.25, -0.2) is 17.6 Å². The fourth-order valence-electron chi connectivity index (χ4n) is 2.36. The SMILES string of the molecule is COC[C@H](C)Oc1cc(Oc2ccc(S(C)(=O)=O)cc2F)cc(C(=O)OC)c1. The lowest BCUT2D eigenvalue weighted by Crippen LogP contribution is -2.18. The number of carbonyl (C=O) groups is 1. The fourth-order valence-corrected chi connectivity index (χ4v) is 2.99. The predicted molar refractivity (Wildman–Crippen MR) is 99.3 cm³/mol. The Morgan fingerprint density at radius 1 is 1.11 bits per heavy atom. The third-order valence-electron chi connectivity index (χ3n) is 3.60. The van der Waals surface area contributed by atoms with E-state index in [1.54, 1.807) is 6.92 Å². The highest BCUT2D eigenvalue weighted by molar-refractivity contribution is 7.90. The third-order valence-corrected chi connectivity index (χ3v) is 4.71. The third kappa shape index (κ3) is 5.67. The van der Waals surface area contributed by atoms with Crippen LogP contribution in [0.4, 0.5) is 4.39 Å². The van der Waals surface area contributed by atoms with Crippen molar-refractivity contribution in [1.29, 1.82) is 0 Å². The van der Waals surface area contributed by atoms with Crippen molar-refractivity contribution < 1.29 is 36.6 Å². The van der Waals surface area contributed by atoms with Crippen molar-refractivity contribution in [2.45, 2.75) is 17.9 Å². The molecule has 0 unspecified atom stereocenters. The molecule has 7 nitrogen and oxygen atoms in total. The monoisotopic (exact) mass is 412 g/mol. The van der Waals surface area contributed by atoms with Crippen LogP contribution in [0, 0.1) is 5.82 Å². The summed E-state index contributed by atoms with van der Waals surface area (Å²) in [7, 11) is -0.791. The van der Waals surface area contributed by atoms with Crippen LogP contribution in [0.2, 0.25) is 0 Å². The Balaban J connectivity index is 2.37. The first-order valence-electron chi connectivity index (χ1n) is 8.20. The maximum Gasteiger partial charge on any atom is 0.338 e. The minimum absolute atomic E-state index is 0.119. The van der Waals surface area contributed by atoms with E-state index in [1.807, 2.05) is 0 Å². The maximum atomic E-state index is 14.3. The van der Waals surface area contributed by atoms with Gasteiger partial charge in [-0.3, -0.25) is 0 Å². The summed E-state index contributed by atoms with van der Waals surface area (Å²) in [6, 6.07) is 7.60. The zero-order valence-electron chi connectivity index (χ0n) is 15.9. The smallest absolute Gasteiger partial charge is 0.338 e. The largest absolute Gasteiger partial charge is 0.488 e. The second kappa shape index (κ2) is 9.03. The lowest BCUT2D eigenvalue weighted by atomic mass is 10.2. The van der Waals surface area contributed by atoms with Gasteiger partial charge in [0, 0.05) is 19.4 Å². The summed E-state index contributed by atoms with van der Waals surface area (Å²) in [4.78, 5) is 11.7. The van der Waals surface area contributed by atoms with Crippen molar-refractivity contribution in [2.24, 2.45) is 0 Å². The summed E-state index contributed by atoms with van der Waals surface area (Å²) >= 11 is 0. The number of halogens is 1. The van der Waals surface area contributed by atoms with Crippen LogP contribution >= 0.6 is 0 Å². The molecule has 0 spiro atoms. The summed E-state index contributed by atoms with van der Waals surface area (Å²) < 4.78 is 58.2. The number of benzene rings is 2. The molecule has 0 N–H and O–H groups in total. The van der Waals surface area contributed by atoms with Crippen molar-refractivity contribution >= 4 is 15.8 Å². The van der Waals surface area contributed by atoms with E-state index in [2.05, 4.69) is 0 Å². The average molecular weight is 412 g/mol. The Kier molecular flexibility index (Phi) is 6.98. The Bertz CT molecular complexity index is 957. The van der Waals surface area contributed by atoms with Gasteiger partial charge >= 0.3 is 5.97 Å². The molecule has 2 rings (SSSR count). The van der Waals surface area contributed by atoms with Crippen LogP contribution in [-0.2, 0) is 19.3 Å². The Hall–Kier alpha value is -2.65. The molecule has 0 aliphatic heterocycles. The van der Waals surface area contributed by atoms with Crippen molar-refractivity contribution in [3.05, 3.63) is 47.8 Å². The maximum absolute atomic E-state index is 14.3. The first-order valence-corrected chi connectivity index (χ1v) is 10.1. The number of methoxy groups -OCH3 is 2.